The summed E-state index contributed by atoms with van der Waals surface area (Å²) < 4.78 is 11.0. The van der Waals surface area contributed by atoms with Gasteiger partial charge in [-0.2, -0.15) is 0 Å². The van der Waals surface area contributed by atoms with Crippen LogP contribution in [-0.4, -0.2) is 73.9 Å². The van der Waals surface area contributed by atoms with Gasteiger partial charge in [-0.15, -0.1) is 0 Å². The zero-order valence-electron chi connectivity index (χ0n) is 12.9. The average Bonchev–Trinajstić information content (AvgIpc) is 2.73. The Labute approximate surface area is 130 Å². The van der Waals surface area contributed by atoms with E-state index in [1.165, 1.54) is 6.33 Å². The van der Waals surface area contributed by atoms with Crippen LogP contribution in [0.5, 0.6) is 0 Å². The first kappa shape index (κ1) is 15.3. The van der Waals surface area contributed by atoms with Gasteiger partial charge in [0, 0.05) is 51.3 Å². The first-order chi connectivity index (χ1) is 10.7. The number of hydrogen-bond acceptors (Lipinski definition) is 6. The molecule has 2 saturated heterocycles. The Morgan fingerprint density at radius 3 is 3.14 bits per heavy atom. The van der Waals surface area contributed by atoms with E-state index in [9.17, 15) is 4.79 Å². The number of carbonyl (C=O) groups excluding carboxylic acids is 1. The molecule has 0 N–H and O–H groups in total. The van der Waals surface area contributed by atoms with E-state index in [4.69, 9.17) is 9.47 Å². The van der Waals surface area contributed by atoms with Gasteiger partial charge < -0.3 is 9.47 Å². The van der Waals surface area contributed by atoms with Gasteiger partial charge in [-0.05, 0) is 6.07 Å². The normalized spacial score (nSPS) is 26.6. The molecule has 7 nitrogen and oxygen atoms in total. The van der Waals surface area contributed by atoms with Crippen molar-refractivity contribution in [3.05, 3.63) is 18.6 Å². The van der Waals surface area contributed by atoms with E-state index in [1.54, 1.807) is 24.3 Å². The number of carbonyl (C=O) groups is 1. The van der Waals surface area contributed by atoms with E-state index in [0.29, 0.717) is 38.6 Å². The molecule has 2 aliphatic heterocycles. The van der Waals surface area contributed by atoms with Crippen LogP contribution >= 0.6 is 0 Å². The fourth-order valence-corrected chi connectivity index (χ4v) is 3.24. The largest absolute Gasteiger partial charge is 0.383 e. The lowest BCUT2D eigenvalue weighted by molar-refractivity contribution is -0.118. The predicted molar refractivity (Wildman–Crippen MR) is 80.6 cm³/mol. The third kappa shape index (κ3) is 3.26. The number of anilines is 1. The number of amides is 1. The van der Waals surface area contributed by atoms with Gasteiger partial charge in [0.1, 0.15) is 12.1 Å². The van der Waals surface area contributed by atoms with Crippen molar-refractivity contribution < 1.29 is 14.3 Å². The molecule has 3 rings (SSSR count). The van der Waals surface area contributed by atoms with Gasteiger partial charge in [-0.3, -0.25) is 14.6 Å². The third-order valence-electron chi connectivity index (χ3n) is 4.29. The highest BCUT2D eigenvalue weighted by molar-refractivity contribution is 5.95. The quantitative estimate of drug-likeness (QED) is 0.790. The van der Waals surface area contributed by atoms with Crippen LogP contribution in [0.1, 0.15) is 6.42 Å². The van der Waals surface area contributed by atoms with E-state index in [-0.39, 0.29) is 11.3 Å². The average molecular weight is 306 g/mol. The molecular formula is C15H22N4O3. The van der Waals surface area contributed by atoms with Crippen molar-refractivity contribution in [2.45, 2.75) is 6.42 Å². The van der Waals surface area contributed by atoms with Crippen molar-refractivity contribution in [3.63, 3.8) is 0 Å². The molecule has 22 heavy (non-hydrogen) atoms. The smallest absolute Gasteiger partial charge is 0.228 e. The molecule has 120 valence electrons. The number of rotatable bonds is 4. The van der Waals surface area contributed by atoms with E-state index in [1.807, 2.05) is 0 Å². The Bertz CT molecular complexity index is 513. The summed E-state index contributed by atoms with van der Waals surface area (Å²) in [4.78, 5) is 24.6. The maximum atomic E-state index is 12.4. The summed E-state index contributed by atoms with van der Waals surface area (Å²) in [5.74, 6) is 0.778. The SMILES string of the molecule is COCCN1CCOC[C@]2(CC(=O)N(c3ccncn3)C2)C1. The van der Waals surface area contributed by atoms with Crippen molar-refractivity contribution in [1.82, 2.24) is 14.9 Å². The topological polar surface area (TPSA) is 67.8 Å². The van der Waals surface area contributed by atoms with E-state index in [0.717, 1.165) is 19.6 Å². The second-order valence-electron chi connectivity index (χ2n) is 6.05. The number of hydrogen-bond donors (Lipinski definition) is 0. The standard InChI is InChI=1S/C15H22N4O3/c1-21-6-4-18-5-7-22-11-15(9-18)8-14(20)19(10-15)13-2-3-16-12-17-13/h2-3,12H,4-11H2,1H3/t15-/m1/s1. The molecule has 2 aliphatic rings. The summed E-state index contributed by atoms with van der Waals surface area (Å²) in [7, 11) is 1.71. The monoisotopic (exact) mass is 306 g/mol. The van der Waals surface area contributed by atoms with Crippen LogP contribution in [-0.2, 0) is 14.3 Å². The summed E-state index contributed by atoms with van der Waals surface area (Å²) in [5.41, 5.74) is -0.160. The first-order valence-electron chi connectivity index (χ1n) is 7.58. The van der Waals surface area contributed by atoms with Gasteiger partial charge >= 0.3 is 0 Å². The maximum Gasteiger partial charge on any atom is 0.228 e. The van der Waals surface area contributed by atoms with Crippen molar-refractivity contribution in [2.24, 2.45) is 5.41 Å². The van der Waals surface area contributed by atoms with Crippen LogP contribution in [0.2, 0.25) is 0 Å². The number of aromatic nitrogens is 2. The minimum Gasteiger partial charge on any atom is -0.383 e. The molecule has 0 bridgehead atoms. The fourth-order valence-electron chi connectivity index (χ4n) is 3.24. The highest BCUT2D eigenvalue weighted by Crippen LogP contribution is 2.36. The molecule has 1 atom stereocenters. The minimum absolute atomic E-state index is 0.107. The summed E-state index contributed by atoms with van der Waals surface area (Å²) in [6, 6.07) is 1.77. The molecular weight excluding hydrogens is 284 g/mol. The molecule has 1 aromatic rings. The van der Waals surface area contributed by atoms with Crippen LogP contribution in [0.3, 0.4) is 0 Å². The Balaban J connectivity index is 1.74. The predicted octanol–water partition coefficient (Wildman–Crippen LogP) is 0.178. The second kappa shape index (κ2) is 6.68. The Hall–Kier alpha value is -1.57. The van der Waals surface area contributed by atoms with Crippen molar-refractivity contribution in [1.29, 1.82) is 0 Å². The number of nitrogens with zero attached hydrogens (tertiary/aromatic N) is 4. The molecule has 2 fully saturated rings. The van der Waals surface area contributed by atoms with E-state index >= 15 is 0 Å². The van der Waals surface area contributed by atoms with Crippen LogP contribution in [0, 0.1) is 5.41 Å². The Morgan fingerprint density at radius 2 is 2.36 bits per heavy atom. The molecule has 1 spiro atoms. The van der Waals surface area contributed by atoms with Crippen molar-refractivity contribution in [2.75, 3.05) is 58.0 Å². The zero-order chi connectivity index (χ0) is 15.4. The van der Waals surface area contributed by atoms with Gasteiger partial charge in [0.25, 0.3) is 0 Å². The van der Waals surface area contributed by atoms with Crippen molar-refractivity contribution in [3.8, 4) is 0 Å². The molecule has 7 heteroatoms. The molecule has 1 aromatic heterocycles. The van der Waals surface area contributed by atoms with Crippen LogP contribution in [0.15, 0.2) is 18.6 Å². The lowest BCUT2D eigenvalue weighted by Crippen LogP contribution is -2.42. The van der Waals surface area contributed by atoms with Crippen LogP contribution < -0.4 is 4.90 Å². The highest BCUT2D eigenvalue weighted by atomic mass is 16.5. The summed E-state index contributed by atoms with van der Waals surface area (Å²) in [5, 5.41) is 0. The van der Waals surface area contributed by atoms with Crippen molar-refractivity contribution >= 4 is 11.7 Å². The minimum atomic E-state index is -0.160. The number of methoxy groups -OCH3 is 1. The second-order valence-corrected chi connectivity index (χ2v) is 6.05. The molecule has 3 heterocycles. The molecule has 0 unspecified atom stereocenters. The van der Waals surface area contributed by atoms with E-state index in [2.05, 4.69) is 14.9 Å². The van der Waals surface area contributed by atoms with Crippen LogP contribution in [0.4, 0.5) is 5.82 Å². The van der Waals surface area contributed by atoms with E-state index < -0.39 is 0 Å². The van der Waals surface area contributed by atoms with Gasteiger partial charge in [0.15, 0.2) is 0 Å². The summed E-state index contributed by atoms with van der Waals surface area (Å²) in [6.45, 7) is 5.25. The summed E-state index contributed by atoms with van der Waals surface area (Å²) in [6.07, 6.45) is 3.64. The maximum absolute atomic E-state index is 12.4. The lowest BCUT2D eigenvalue weighted by Gasteiger charge is -2.30. The zero-order valence-corrected chi connectivity index (χ0v) is 12.9. The Kier molecular flexibility index (Phi) is 4.66. The first-order valence-corrected chi connectivity index (χ1v) is 7.58. The molecule has 0 aliphatic carbocycles. The van der Waals surface area contributed by atoms with Gasteiger partial charge in [-0.1, -0.05) is 0 Å². The molecule has 0 aromatic carbocycles. The molecule has 1 amide bonds. The highest BCUT2D eigenvalue weighted by Gasteiger charge is 2.46. The van der Waals surface area contributed by atoms with Gasteiger partial charge in [0.05, 0.1) is 19.8 Å². The Morgan fingerprint density at radius 1 is 1.45 bits per heavy atom. The van der Waals surface area contributed by atoms with Crippen LogP contribution in [0.25, 0.3) is 0 Å². The molecule has 0 radical (unpaired) electrons. The fraction of sp³-hybridized carbons (Fsp3) is 0.667. The molecule has 0 saturated carbocycles. The summed E-state index contributed by atoms with van der Waals surface area (Å²) >= 11 is 0. The van der Waals surface area contributed by atoms with Gasteiger partial charge in [-0.25, -0.2) is 9.97 Å². The third-order valence-corrected chi connectivity index (χ3v) is 4.29. The number of ether oxygens (including phenoxy) is 2. The lowest BCUT2D eigenvalue weighted by atomic mass is 9.87. The van der Waals surface area contributed by atoms with Gasteiger partial charge in [0.2, 0.25) is 5.91 Å².